The third-order valence-corrected chi connectivity index (χ3v) is 3.51. The van der Waals surface area contributed by atoms with E-state index in [9.17, 15) is 4.79 Å². The van der Waals surface area contributed by atoms with Gasteiger partial charge in [-0.3, -0.25) is 0 Å². The minimum absolute atomic E-state index is 0.246. The summed E-state index contributed by atoms with van der Waals surface area (Å²) >= 11 is 0. The van der Waals surface area contributed by atoms with Crippen LogP contribution in [0.25, 0.3) is 0 Å². The summed E-state index contributed by atoms with van der Waals surface area (Å²) in [6, 6.07) is 7.91. The highest BCUT2D eigenvalue weighted by molar-refractivity contribution is 5.69. The number of benzene rings is 1. The van der Waals surface area contributed by atoms with Crippen molar-refractivity contribution >= 4 is 6.09 Å². The van der Waals surface area contributed by atoms with Crippen LogP contribution >= 0.6 is 0 Å². The van der Waals surface area contributed by atoms with Crippen LogP contribution < -0.4 is 10.1 Å². The Bertz CT molecular complexity index is 610. The average Bonchev–Trinajstić information content (AvgIpc) is 2.43. The fraction of sp³-hybridized carbons (Fsp3) is 0.529. The van der Waals surface area contributed by atoms with Crippen molar-refractivity contribution in [1.82, 2.24) is 10.2 Å². The summed E-state index contributed by atoms with van der Waals surface area (Å²) in [6.45, 7) is 7.49. The zero-order valence-corrected chi connectivity index (χ0v) is 14.0. The molecule has 0 bridgehead atoms. The Kier molecular flexibility index (Phi) is 5.12. The summed E-state index contributed by atoms with van der Waals surface area (Å²) in [7, 11) is 1.55. The number of nitrogens with one attached hydrogen (secondary N) is 1. The summed E-state index contributed by atoms with van der Waals surface area (Å²) in [4.78, 5) is 13.5. The molecular weight excluding hydrogens is 294 g/mol. The van der Waals surface area contributed by atoms with Crippen LogP contribution in [0.5, 0.6) is 5.75 Å². The van der Waals surface area contributed by atoms with E-state index in [4.69, 9.17) is 14.7 Å². The van der Waals surface area contributed by atoms with Gasteiger partial charge < -0.3 is 19.7 Å². The first kappa shape index (κ1) is 17.1. The molecule has 0 radical (unpaired) electrons. The van der Waals surface area contributed by atoms with E-state index in [-0.39, 0.29) is 12.1 Å². The summed E-state index contributed by atoms with van der Waals surface area (Å²) in [5.74, 6) is 0.580. The second-order valence-electron chi connectivity index (χ2n) is 6.61. The first-order valence-electron chi connectivity index (χ1n) is 7.60. The topological polar surface area (TPSA) is 74.6 Å². The highest BCUT2D eigenvalue weighted by atomic mass is 16.6. The van der Waals surface area contributed by atoms with Crippen molar-refractivity contribution in [3.05, 3.63) is 29.3 Å². The fourth-order valence-electron chi connectivity index (χ4n) is 2.30. The van der Waals surface area contributed by atoms with Crippen molar-refractivity contribution in [1.29, 1.82) is 5.26 Å². The number of ether oxygens (including phenoxy) is 2. The molecule has 1 fully saturated rings. The van der Waals surface area contributed by atoms with Crippen LogP contribution in [0, 0.1) is 11.3 Å². The molecule has 1 aliphatic heterocycles. The van der Waals surface area contributed by atoms with Crippen molar-refractivity contribution in [2.24, 2.45) is 0 Å². The molecule has 1 aromatic carbocycles. The lowest BCUT2D eigenvalue weighted by Crippen LogP contribution is -2.60. The maximum Gasteiger partial charge on any atom is 0.410 e. The molecule has 1 saturated heterocycles. The van der Waals surface area contributed by atoms with Crippen molar-refractivity contribution in [3.8, 4) is 11.8 Å². The molecular formula is C17H23N3O3. The minimum atomic E-state index is -0.466. The highest BCUT2D eigenvalue weighted by Gasteiger charge is 2.33. The fourth-order valence-corrected chi connectivity index (χ4v) is 2.30. The third-order valence-electron chi connectivity index (χ3n) is 3.51. The largest absolute Gasteiger partial charge is 0.495 e. The van der Waals surface area contributed by atoms with Crippen molar-refractivity contribution < 1.29 is 14.3 Å². The highest BCUT2D eigenvalue weighted by Crippen LogP contribution is 2.19. The molecule has 1 aliphatic rings. The summed E-state index contributed by atoms with van der Waals surface area (Å²) < 4.78 is 10.4. The van der Waals surface area contributed by atoms with Gasteiger partial charge in [0.1, 0.15) is 17.4 Å². The van der Waals surface area contributed by atoms with E-state index < -0.39 is 5.60 Å². The van der Waals surface area contributed by atoms with Crippen LogP contribution in [0.4, 0.5) is 4.79 Å². The van der Waals surface area contributed by atoms with Gasteiger partial charge in [0, 0.05) is 25.7 Å². The smallest absolute Gasteiger partial charge is 0.410 e. The maximum atomic E-state index is 11.8. The number of likely N-dealkylation sites (tertiary alicyclic amines) is 1. The van der Waals surface area contributed by atoms with Gasteiger partial charge in [-0.2, -0.15) is 5.26 Å². The number of amides is 1. The molecule has 0 atom stereocenters. The monoisotopic (exact) mass is 317 g/mol. The maximum absolute atomic E-state index is 11.8. The van der Waals surface area contributed by atoms with E-state index in [0.717, 1.165) is 5.56 Å². The van der Waals surface area contributed by atoms with Gasteiger partial charge in [0.2, 0.25) is 0 Å². The number of rotatable bonds is 4. The van der Waals surface area contributed by atoms with Crippen molar-refractivity contribution in [3.63, 3.8) is 0 Å². The Morgan fingerprint density at radius 3 is 2.70 bits per heavy atom. The van der Waals surface area contributed by atoms with E-state index in [0.29, 0.717) is 30.9 Å². The Labute approximate surface area is 137 Å². The number of carbonyl (C=O) groups is 1. The third kappa shape index (κ3) is 4.60. The number of nitrogens with zero attached hydrogens (tertiary/aromatic N) is 2. The Morgan fingerprint density at radius 1 is 1.43 bits per heavy atom. The second-order valence-corrected chi connectivity index (χ2v) is 6.61. The molecule has 124 valence electrons. The van der Waals surface area contributed by atoms with Crippen LogP contribution in [0.15, 0.2) is 18.2 Å². The molecule has 0 unspecified atom stereocenters. The van der Waals surface area contributed by atoms with Crippen molar-refractivity contribution in [2.75, 3.05) is 20.2 Å². The van der Waals surface area contributed by atoms with Gasteiger partial charge in [-0.1, -0.05) is 6.07 Å². The Balaban J connectivity index is 1.79. The molecule has 1 aromatic rings. The standard InChI is InChI=1S/C17H23N3O3/c1-17(2,3)23-16(21)20-10-14(11-20)19-9-12-5-6-15(22-4)13(7-12)8-18/h5-7,14,19H,9-11H2,1-4H3. The molecule has 6 nitrogen and oxygen atoms in total. The first-order chi connectivity index (χ1) is 10.8. The van der Waals surface area contributed by atoms with Gasteiger partial charge in [0.05, 0.1) is 12.7 Å². The Morgan fingerprint density at radius 2 is 2.13 bits per heavy atom. The van der Waals surface area contributed by atoms with Gasteiger partial charge in [-0.25, -0.2) is 4.79 Å². The molecule has 0 aliphatic carbocycles. The van der Waals surface area contributed by atoms with Gasteiger partial charge in [0.25, 0.3) is 0 Å². The van der Waals surface area contributed by atoms with E-state index in [1.54, 1.807) is 18.1 Å². The zero-order valence-electron chi connectivity index (χ0n) is 14.0. The average molecular weight is 317 g/mol. The summed E-state index contributed by atoms with van der Waals surface area (Å²) in [6.07, 6.45) is -0.272. The Hall–Kier alpha value is -2.26. The molecule has 23 heavy (non-hydrogen) atoms. The van der Waals surface area contributed by atoms with E-state index in [2.05, 4.69) is 11.4 Å². The van der Waals surface area contributed by atoms with E-state index in [1.165, 1.54) is 0 Å². The lowest BCUT2D eigenvalue weighted by atomic mass is 10.1. The zero-order chi connectivity index (χ0) is 17.0. The van der Waals surface area contributed by atoms with Gasteiger partial charge in [-0.15, -0.1) is 0 Å². The number of nitriles is 1. The SMILES string of the molecule is COc1ccc(CNC2CN(C(=O)OC(C)(C)C)C2)cc1C#N. The number of methoxy groups -OCH3 is 1. The summed E-state index contributed by atoms with van der Waals surface area (Å²) in [5, 5.41) is 12.5. The molecule has 1 heterocycles. The first-order valence-corrected chi connectivity index (χ1v) is 7.60. The molecule has 1 N–H and O–H groups in total. The second kappa shape index (κ2) is 6.88. The molecule has 0 aromatic heterocycles. The minimum Gasteiger partial charge on any atom is -0.495 e. The normalized spacial score (nSPS) is 14.8. The molecule has 0 saturated carbocycles. The predicted molar refractivity (Wildman–Crippen MR) is 86.1 cm³/mol. The van der Waals surface area contributed by atoms with Crippen LogP contribution in [-0.2, 0) is 11.3 Å². The molecule has 6 heteroatoms. The van der Waals surface area contributed by atoms with Gasteiger partial charge >= 0.3 is 6.09 Å². The van der Waals surface area contributed by atoms with E-state index >= 15 is 0 Å². The molecule has 0 spiro atoms. The predicted octanol–water partition coefficient (Wildman–Crippen LogP) is 2.28. The molecule has 1 amide bonds. The van der Waals surface area contributed by atoms with Crippen LogP contribution in [0.3, 0.4) is 0 Å². The van der Waals surface area contributed by atoms with Crippen LogP contribution in [0.2, 0.25) is 0 Å². The van der Waals surface area contributed by atoms with Crippen LogP contribution in [0.1, 0.15) is 31.9 Å². The molecule has 2 rings (SSSR count). The van der Waals surface area contributed by atoms with Gasteiger partial charge in [0.15, 0.2) is 0 Å². The summed E-state index contributed by atoms with van der Waals surface area (Å²) in [5.41, 5.74) is 1.07. The van der Waals surface area contributed by atoms with Gasteiger partial charge in [-0.05, 0) is 38.5 Å². The van der Waals surface area contributed by atoms with Crippen LogP contribution in [-0.4, -0.2) is 42.8 Å². The lowest BCUT2D eigenvalue weighted by Gasteiger charge is -2.40. The number of hydrogen-bond acceptors (Lipinski definition) is 5. The quantitative estimate of drug-likeness (QED) is 0.922. The van der Waals surface area contributed by atoms with E-state index in [1.807, 2.05) is 32.9 Å². The van der Waals surface area contributed by atoms with Crippen molar-refractivity contribution in [2.45, 2.75) is 39.0 Å². The lowest BCUT2D eigenvalue weighted by molar-refractivity contribution is 0.00518. The number of carbonyl (C=O) groups excluding carboxylic acids is 1. The number of hydrogen-bond donors (Lipinski definition) is 1.